The first-order valence-corrected chi connectivity index (χ1v) is 13.8. The topological polar surface area (TPSA) is 79.0 Å². The molecule has 0 atom stereocenters. The highest BCUT2D eigenvalue weighted by molar-refractivity contribution is 5.89. The third-order valence-corrected chi connectivity index (χ3v) is 6.57. The third kappa shape index (κ3) is 8.61. The van der Waals surface area contributed by atoms with E-state index in [9.17, 15) is 4.79 Å². The van der Waals surface area contributed by atoms with Crippen LogP contribution in [0.15, 0.2) is 93.3 Å². The van der Waals surface area contributed by atoms with Crippen LogP contribution in [0.4, 0.5) is 28.4 Å². The Kier molecular flexibility index (Phi) is 10.6. The fraction of sp³-hybridized carbons (Fsp3) is 0.387. The molecule has 0 bridgehead atoms. The SMILES string of the molecule is CCCCCCCCOC(=O)c1ccc(N=Nc2ccc(N=Nc3ccc(N4CCCC4)cc3)cc2)cc1. The molecular weight excluding hydrogens is 474 g/mol. The Morgan fingerprint density at radius 2 is 1.11 bits per heavy atom. The normalized spacial score (nSPS) is 13.6. The lowest BCUT2D eigenvalue weighted by Crippen LogP contribution is -2.17. The molecule has 3 aromatic rings. The number of hydrogen-bond donors (Lipinski definition) is 0. The molecule has 0 amide bonds. The van der Waals surface area contributed by atoms with Gasteiger partial charge in [-0.2, -0.15) is 20.5 Å². The van der Waals surface area contributed by atoms with Gasteiger partial charge in [0.15, 0.2) is 0 Å². The summed E-state index contributed by atoms with van der Waals surface area (Å²) in [6.45, 7) is 4.93. The number of benzene rings is 3. The van der Waals surface area contributed by atoms with E-state index >= 15 is 0 Å². The predicted octanol–water partition coefficient (Wildman–Crippen LogP) is 9.63. The molecule has 198 valence electrons. The van der Waals surface area contributed by atoms with Crippen molar-refractivity contribution in [2.24, 2.45) is 20.5 Å². The van der Waals surface area contributed by atoms with E-state index in [-0.39, 0.29) is 5.97 Å². The lowest BCUT2D eigenvalue weighted by atomic mass is 10.1. The average molecular weight is 512 g/mol. The van der Waals surface area contributed by atoms with Gasteiger partial charge in [-0.25, -0.2) is 4.79 Å². The van der Waals surface area contributed by atoms with Gasteiger partial charge in [0.05, 0.1) is 34.9 Å². The Labute approximate surface area is 225 Å². The summed E-state index contributed by atoms with van der Waals surface area (Å²) in [5, 5.41) is 17.2. The van der Waals surface area contributed by atoms with Gasteiger partial charge < -0.3 is 9.64 Å². The second-order valence-electron chi connectivity index (χ2n) is 9.58. The Bertz CT molecular complexity index is 1180. The molecular formula is C31H37N5O2. The molecule has 0 saturated carbocycles. The van der Waals surface area contributed by atoms with Crippen molar-refractivity contribution in [3.05, 3.63) is 78.4 Å². The van der Waals surface area contributed by atoms with Gasteiger partial charge in [0.2, 0.25) is 0 Å². The molecule has 0 spiro atoms. The molecule has 0 aliphatic carbocycles. The second kappa shape index (κ2) is 14.8. The first-order valence-electron chi connectivity index (χ1n) is 13.8. The molecule has 1 heterocycles. The van der Waals surface area contributed by atoms with Crippen molar-refractivity contribution in [2.75, 3.05) is 24.6 Å². The summed E-state index contributed by atoms with van der Waals surface area (Å²) in [6, 6.07) is 22.6. The molecule has 0 radical (unpaired) electrons. The Balaban J connectivity index is 1.22. The van der Waals surface area contributed by atoms with Crippen LogP contribution >= 0.6 is 0 Å². The maximum absolute atomic E-state index is 12.2. The van der Waals surface area contributed by atoms with Crippen LogP contribution in [0.5, 0.6) is 0 Å². The number of anilines is 1. The van der Waals surface area contributed by atoms with Crippen LogP contribution in [0.3, 0.4) is 0 Å². The number of ether oxygens (including phenoxy) is 1. The van der Waals surface area contributed by atoms with Crippen LogP contribution in [0.1, 0.15) is 68.6 Å². The van der Waals surface area contributed by atoms with Crippen molar-refractivity contribution in [1.82, 2.24) is 0 Å². The van der Waals surface area contributed by atoms with Gasteiger partial charge >= 0.3 is 5.97 Å². The minimum Gasteiger partial charge on any atom is -0.462 e. The van der Waals surface area contributed by atoms with Gasteiger partial charge in [0, 0.05) is 18.8 Å². The number of unbranched alkanes of at least 4 members (excludes halogenated alkanes) is 5. The zero-order valence-corrected chi connectivity index (χ0v) is 22.3. The molecule has 7 heteroatoms. The quantitative estimate of drug-likeness (QED) is 0.130. The zero-order valence-electron chi connectivity index (χ0n) is 22.3. The fourth-order valence-corrected chi connectivity index (χ4v) is 4.32. The minimum atomic E-state index is -0.297. The second-order valence-corrected chi connectivity index (χ2v) is 9.58. The van der Waals surface area contributed by atoms with E-state index in [0.717, 1.165) is 37.3 Å². The lowest BCUT2D eigenvalue weighted by Gasteiger charge is -2.17. The van der Waals surface area contributed by atoms with E-state index in [1.54, 1.807) is 24.3 Å². The number of rotatable bonds is 13. The number of hydrogen-bond acceptors (Lipinski definition) is 7. The van der Waals surface area contributed by atoms with Crippen LogP contribution in [0.2, 0.25) is 0 Å². The van der Waals surface area contributed by atoms with Gasteiger partial charge in [-0.3, -0.25) is 0 Å². The number of carbonyl (C=O) groups is 1. The molecule has 1 fully saturated rings. The van der Waals surface area contributed by atoms with Gasteiger partial charge in [-0.1, -0.05) is 39.0 Å². The first kappa shape index (κ1) is 27.2. The monoisotopic (exact) mass is 511 g/mol. The molecule has 0 aromatic heterocycles. The van der Waals surface area contributed by atoms with Crippen molar-refractivity contribution in [3.63, 3.8) is 0 Å². The van der Waals surface area contributed by atoms with E-state index in [2.05, 4.69) is 44.4 Å². The van der Waals surface area contributed by atoms with Gasteiger partial charge in [-0.15, -0.1) is 0 Å². The molecule has 1 saturated heterocycles. The highest BCUT2D eigenvalue weighted by Crippen LogP contribution is 2.26. The van der Waals surface area contributed by atoms with Gasteiger partial charge in [-0.05, 0) is 92.1 Å². The minimum absolute atomic E-state index is 0.297. The molecule has 1 aliphatic heterocycles. The standard InChI is InChI=1S/C31H37N5O2/c1-2-3-4-5-6-9-24-38-31(37)25-10-12-26(13-11-25)32-33-27-14-16-28(17-15-27)34-35-29-18-20-30(21-19-29)36-22-7-8-23-36/h10-21H,2-9,22-24H2,1H3. The highest BCUT2D eigenvalue weighted by atomic mass is 16.5. The maximum atomic E-state index is 12.2. The number of esters is 1. The number of carbonyl (C=O) groups excluding carboxylic acids is 1. The largest absolute Gasteiger partial charge is 0.462 e. The van der Waals surface area contributed by atoms with Crippen molar-refractivity contribution in [1.29, 1.82) is 0 Å². The first-order chi connectivity index (χ1) is 18.7. The summed E-state index contributed by atoms with van der Waals surface area (Å²) in [7, 11) is 0. The smallest absolute Gasteiger partial charge is 0.338 e. The molecule has 3 aromatic carbocycles. The predicted molar refractivity (Wildman–Crippen MR) is 153 cm³/mol. The average Bonchev–Trinajstić information content (AvgIpc) is 3.51. The van der Waals surface area contributed by atoms with Crippen molar-refractivity contribution in [2.45, 2.75) is 58.3 Å². The Hall–Kier alpha value is -3.87. The van der Waals surface area contributed by atoms with Crippen LogP contribution in [0, 0.1) is 0 Å². The number of nitrogens with zero attached hydrogens (tertiary/aromatic N) is 5. The fourth-order valence-electron chi connectivity index (χ4n) is 4.32. The van der Waals surface area contributed by atoms with Crippen LogP contribution in [-0.4, -0.2) is 25.7 Å². The Morgan fingerprint density at radius 1 is 0.658 bits per heavy atom. The van der Waals surface area contributed by atoms with Gasteiger partial charge in [0.25, 0.3) is 0 Å². The summed E-state index contributed by atoms with van der Waals surface area (Å²) < 4.78 is 5.38. The van der Waals surface area contributed by atoms with E-state index < -0.39 is 0 Å². The summed E-state index contributed by atoms with van der Waals surface area (Å²) in [5.74, 6) is -0.297. The molecule has 0 unspecified atom stereocenters. The molecule has 0 N–H and O–H groups in total. The molecule has 38 heavy (non-hydrogen) atoms. The number of azo groups is 2. The Morgan fingerprint density at radius 3 is 1.63 bits per heavy atom. The van der Waals surface area contributed by atoms with E-state index in [0.29, 0.717) is 23.5 Å². The highest BCUT2D eigenvalue weighted by Gasteiger charge is 2.11. The molecule has 4 rings (SSSR count). The van der Waals surface area contributed by atoms with Crippen molar-refractivity contribution in [3.8, 4) is 0 Å². The van der Waals surface area contributed by atoms with Crippen LogP contribution in [-0.2, 0) is 4.74 Å². The van der Waals surface area contributed by atoms with Crippen molar-refractivity contribution >= 4 is 34.4 Å². The van der Waals surface area contributed by atoms with Crippen LogP contribution < -0.4 is 4.90 Å². The van der Waals surface area contributed by atoms with Crippen molar-refractivity contribution < 1.29 is 9.53 Å². The summed E-state index contributed by atoms with van der Waals surface area (Å²) >= 11 is 0. The molecule has 1 aliphatic rings. The van der Waals surface area contributed by atoms with Crippen LogP contribution in [0.25, 0.3) is 0 Å². The van der Waals surface area contributed by atoms with E-state index in [4.69, 9.17) is 4.74 Å². The van der Waals surface area contributed by atoms with Gasteiger partial charge in [0.1, 0.15) is 0 Å². The lowest BCUT2D eigenvalue weighted by molar-refractivity contribution is 0.0497. The van der Waals surface area contributed by atoms with E-state index in [1.165, 1.54) is 44.2 Å². The summed E-state index contributed by atoms with van der Waals surface area (Å²) in [5.41, 5.74) is 4.72. The van der Waals surface area contributed by atoms with E-state index in [1.807, 2.05) is 36.4 Å². The summed E-state index contributed by atoms with van der Waals surface area (Å²) in [6.07, 6.45) is 9.50. The third-order valence-electron chi connectivity index (χ3n) is 6.57. The molecule has 7 nitrogen and oxygen atoms in total. The maximum Gasteiger partial charge on any atom is 0.338 e. The summed E-state index contributed by atoms with van der Waals surface area (Å²) in [4.78, 5) is 14.6. The zero-order chi connectivity index (χ0) is 26.4.